The number of amides is 1. The SMILES string of the molecule is O=C(Cc1ccccc1Br)Nc1ccc(CCO)cc1. The van der Waals surface area contributed by atoms with Gasteiger partial charge in [-0.3, -0.25) is 4.79 Å². The van der Waals surface area contributed by atoms with Gasteiger partial charge in [0.05, 0.1) is 6.42 Å². The van der Waals surface area contributed by atoms with Crippen LogP contribution < -0.4 is 5.32 Å². The molecule has 0 unspecified atom stereocenters. The van der Waals surface area contributed by atoms with Gasteiger partial charge in [-0.1, -0.05) is 46.3 Å². The van der Waals surface area contributed by atoms with Crippen LogP contribution in [0.3, 0.4) is 0 Å². The van der Waals surface area contributed by atoms with Gasteiger partial charge in [-0.2, -0.15) is 0 Å². The fourth-order valence-electron chi connectivity index (χ4n) is 1.90. The zero-order chi connectivity index (χ0) is 14.4. The third-order valence-corrected chi connectivity index (χ3v) is 3.72. The van der Waals surface area contributed by atoms with Gasteiger partial charge in [0, 0.05) is 16.8 Å². The molecular weight excluding hydrogens is 318 g/mol. The maximum absolute atomic E-state index is 12.0. The van der Waals surface area contributed by atoms with E-state index < -0.39 is 0 Å². The molecule has 0 fully saturated rings. The first-order valence-electron chi connectivity index (χ1n) is 6.42. The second kappa shape index (κ2) is 7.22. The fraction of sp³-hybridized carbons (Fsp3) is 0.188. The Morgan fingerprint density at radius 3 is 2.45 bits per heavy atom. The highest BCUT2D eigenvalue weighted by atomic mass is 79.9. The Labute approximate surface area is 126 Å². The number of aliphatic hydroxyl groups is 1. The Bertz CT molecular complexity index is 581. The molecule has 104 valence electrons. The summed E-state index contributed by atoms with van der Waals surface area (Å²) in [5.41, 5.74) is 2.78. The topological polar surface area (TPSA) is 49.3 Å². The zero-order valence-corrected chi connectivity index (χ0v) is 12.6. The molecule has 2 aromatic rings. The van der Waals surface area contributed by atoms with Crippen LogP contribution in [0.25, 0.3) is 0 Å². The molecular formula is C16H16BrNO2. The van der Waals surface area contributed by atoms with E-state index in [1.54, 1.807) is 0 Å². The van der Waals surface area contributed by atoms with Crippen molar-refractivity contribution in [3.63, 3.8) is 0 Å². The number of carbonyl (C=O) groups is 1. The van der Waals surface area contributed by atoms with Gasteiger partial charge in [0.25, 0.3) is 0 Å². The normalized spacial score (nSPS) is 10.3. The number of rotatable bonds is 5. The van der Waals surface area contributed by atoms with Gasteiger partial charge in [0.1, 0.15) is 0 Å². The summed E-state index contributed by atoms with van der Waals surface area (Å²) in [6.07, 6.45) is 0.963. The average Bonchev–Trinajstić information content (AvgIpc) is 2.44. The molecule has 0 bridgehead atoms. The molecule has 0 heterocycles. The Morgan fingerprint density at radius 2 is 1.80 bits per heavy atom. The zero-order valence-electron chi connectivity index (χ0n) is 11.0. The van der Waals surface area contributed by atoms with Crippen LogP contribution in [0.15, 0.2) is 53.0 Å². The summed E-state index contributed by atoms with van der Waals surface area (Å²) in [5.74, 6) is -0.0493. The Hall–Kier alpha value is -1.65. The highest BCUT2D eigenvalue weighted by Crippen LogP contribution is 2.17. The fourth-order valence-corrected chi connectivity index (χ4v) is 2.33. The number of halogens is 1. The molecule has 3 nitrogen and oxygen atoms in total. The van der Waals surface area contributed by atoms with Crippen molar-refractivity contribution in [1.29, 1.82) is 0 Å². The summed E-state index contributed by atoms with van der Waals surface area (Å²) in [7, 11) is 0. The molecule has 20 heavy (non-hydrogen) atoms. The maximum atomic E-state index is 12.0. The molecule has 0 atom stereocenters. The summed E-state index contributed by atoms with van der Waals surface area (Å²) < 4.78 is 0.938. The molecule has 2 rings (SSSR count). The number of aliphatic hydroxyl groups excluding tert-OH is 1. The van der Waals surface area contributed by atoms with Gasteiger partial charge in [0.15, 0.2) is 0 Å². The first-order valence-corrected chi connectivity index (χ1v) is 7.21. The molecule has 0 aliphatic rings. The van der Waals surface area contributed by atoms with Crippen LogP contribution in [0, 0.1) is 0 Å². The van der Waals surface area contributed by atoms with Crippen LogP contribution in [0.2, 0.25) is 0 Å². The monoisotopic (exact) mass is 333 g/mol. The summed E-state index contributed by atoms with van der Waals surface area (Å²) >= 11 is 3.43. The lowest BCUT2D eigenvalue weighted by Gasteiger charge is -2.07. The van der Waals surface area contributed by atoms with Gasteiger partial charge in [0.2, 0.25) is 5.91 Å². The minimum atomic E-state index is -0.0493. The van der Waals surface area contributed by atoms with E-state index in [9.17, 15) is 4.79 Å². The highest BCUT2D eigenvalue weighted by molar-refractivity contribution is 9.10. The minimum absolute atomic E-state index is 0.0493. The number of anilines is 1. The van der Waals surface area contributed by atoms with Crippen molar-refractivity contribution in [2.75, 3.05) is 11.9 Å². The van der Waals surface area contributed by atoms with Crippen molar-refractivity contribution < 1.29 is 9.90 Å². The lowest BCUT2D eigenvalue weighted by molar-refractivity contribution is -0.115. The Balaban J connectivity index is 1.96. The number of hydrogen-bond donors (Lipinski definition) is 2. The molecule has 0 aliphatic carbocycles. The Morgan fingerprint density at radius 1 is 1.10 bits per heavy atom. The van der Waals surface area contributed by atoms with Crippen molar-refractivity contribution in [2.24, 2.45) is 0 Å². The highest BCUT2D eigenvalue weighted by Gasteiger charge is 2.06. The first kappa shape index (κ1) is 14.8. The summed E-state index contributed by atoms with van der Waals surface area (Å²) in [6, 6.07) is 15.2. The average molecular weight is 334 g/mol. The molecule has 4 heteroatoms. The third-order valence-electron chi connectivity index (χ3n) is 2.95. The smallest absolute Gasteiger partial charge is 0.228 e. The van der Waals surface area contributed by atoms with Gasteiger partial charge >= 0.3 is 0 Å². The van der Waals surface area contributed by atoms with Gasteiger partial charge in [-0.25, -0.2) is 0 Å². The molecule has 2 aromatic carbocycles. The predicted octanol–water partition coefficient (Wildman–Crippen LogP) is 3.17. The molecule has 0 aromatic heterocycles. The van der Waals surface area contributed by atoms with Crippen molar-refractivity contribution in [1.82, 2.24) is 0 Å². The van der Waals surface area contributed by atoms with Crippen LogP contribution in [0.1, 0.15) is 11.1 Å². The number of carbonyl (C=O) groups excluding carboxylic acids is 1. The van der Waals surface area contributed by atoms with Gasteiger partial charge < -0.3 is 10.4 Å². The van der Waals surface area contributed by atoms with Crippen molar-refractivity contribution >= 4 is 27.5 Å². The van der Waals surface area contributed by atoms with Crippen molar-refractivity contribution in [3.8, 4) is 0 Å². The van der Waals surface area contributed by atoms with Crippen LogP contribution in [-0.4, -0.2) is 17.6 Å². The molecule has 0 radical (unpaired) electrons. The van der Waals surface area contributed by atoms with Crippen molar-refractivity contribution in [3.05, 3.63) is 64.1 Å². The molecule has 0 aliphatic heterocycles. The predicted molar refractivity (Wildman–Crippen MR) is 83.7 cm³/mol. The van der Waals surface area contributed by atoms with E-state index in [1.165, 1.54) is 0 Å². The van der Waals surface area contributed by atoms with Crippen LogP contribution in [-0.2, 0) is 17.6 Å². The van der Waals surface area contributed by atoms with E-state index in [-0.39, 0.29) is 12.5 Å². The van der Waals surface area contributed by atoms with E-state index in [0.717, 1.165) is 21.3 Å². The minimum Gasteiger partial charge on any atom is -0.396 e. The van der Waals surface area contributed by atoms with E-state index >= 15 is 0 Å². The summed E-state index contributed by atoms with van der Waals surface area (Å²) in [6.45, 7) is 0.133. The standard InChI is InChI=1S/C16H16BrNO2/c17-15-4-2-1-3-13(15)11-16(20)18-14-7-5-12(6-8-14)9-10-19/h1-8,19H,9-11H2,(H,18,20). The third kappa shape index (κ3) is 4.18. The largest absolute Gasteiger partial charge is 0.396 e. The quantitative estimate of drug-likeness (QED) is 0.882. The second-order valence-corrected chi connectivity index (χ2v) is 5.34. The van der Waals surface area contributed by atoms with Gasteiger partial charge in [-0.05, 0) is 35.7 Å². The summed E-state index contributed by atoms with van der Waals surface area (Å²) in [5, 5.41) is 11.7. The Kier molecular flexibility index (Phi) is 5.32. The molecule has 0 spiro atoms. The number of benzene rings is 2. The van der Waals surface area contributed by atoms with Gasteiger partial charge in [-0.15, -0.1) is 0 Å². The number of hydrogen-bond acceptors (Lipinski definition) is 2. The lowest BCUT2D eigenvalue weighted by Crippen LogP contribution is -2.14. The van der Waals surface area contributed by atoms with Crippen LogP contribution in [0.5, 0.6) is 0 Å². The van der Waals surface area contributed by atoms with Crippen LogP contribution in [0.4, 0.5) is 5.69 Å². The van der Waals surface area contributed by atoms with E-state index in [1.807, 2.05) is 48.5 Å². The second-order valence-electron chi connectivity index (χ2n) is 4.49. The molecule has 1 amide bonds. The lowest BCUT2D eigenvalue weighted by atomic mass is 10.1. The van der Waals surface area contributed by atoms with Crippen molar-refractivity contribution in [2.45, 2.75) is 12.8 Å². The molecule has 2 N–H and O–H groups in total. The summed E-state index contributed by atoms with van der Waals surface area (Å²) in [4.78, 5) is 12.0. The van der Waals surface area contributed by atoms with E-state index in [0.29, 0.717) is 12.8 Å². The number of nitrogens with one attached hydrogen (secondary N) is 1. The van der Waals surface area contributed by atoms with E-state index in [4.69, 9.17) is 5.11 Å². The van der Waals surface area contributed by atoms with Crippen LogP contribution >= 0.6 is 15.9 Å². The van der Waals surface area contributed by atoms with E-state index in [2.05, 4.69) is 21.2 Å². The molecule has 0 saturated heterocycles. The first-order chi connectivity index (χ1) is 9.69. The maximum Gasteiger partial charge on any atom is 0.228 e. The molecule has 0 saturated carbocycles.